The molecular formula is C8H6F3N5O2S. The maximum absolute atomic E-state index is 12.9. The highest BCUT2D eigenvalue weighted by Gasteiger charge is 2.37. The number of nitrogens with one attached hydrogen (secondary N) is 1. The molecule has 3 N–H and O–H groups in total. The number of benzene rings is 1. The summed E-state index contributed by atoms with van der Waals surface area (Å²) in [6.45, 7) is 0. The lowest BCUT2D eigenvalue weighted by atomic mass is 10.1. The van der Waals surface area contributed by atoms with Crippen molar-refractivity contribution in [3.63, 3.8) is 0 Å². The van der Waals surface area contributed by atoms with Crippen LogP contribution in [-0.2, 0) is 16.2 Å². The van der Waals surface area contributed by atoms with Gasteiger partial charge in [-0.15, -0.1) is 5.10 Å². The zero-order chi connectivity index (χ0) is 14.3. The second kappa shape index (κ2) is 4.28. The Morgan fingerprint density at radius 2 is 1.95 bits per heavy atom. The Hall–Kier alpha value is -2.01. The molecule has 102 valence electrons. The molecule has 11 heteroatoms. The maximum atomic E-state index is 12.9. The summed E-state index contributed by atoms with van der Waals surface area (Å²) in [7, 11) is -4.36. The van der Waals surface area contributed by atoms with Crippen LogP contribution in [0.2, 0.25) is 0 Å². The van der Waals surface area contributed by atoms with Gasteiger partial charge in [-0.2, -0.15) is 13.2 Å². The number of aromatic nitrogens is 4. The fourth-order valence-electron chi connectivity index (χ4n) is 1.51. The predicted molar refractivity (Wildman–Crippen MR) is 56.0 cm³/mol. The number of hydrogen-bond acceptors (Lipinski definition) is 5. The van der Waals surface area contributed by atoms with Gasteiger partial charge in [0.15, 0.2) is 5.82 Å². The van der Waals surface area contributed by atoms with E-state index in [-0.39, 0.29) is 0 Å². The van der Waals surface area contributed by atoms with E-state index in [0.717, 1.165) is 12.1 Å². The summed E-state index contributed by atoms with van der Waals surface area (Å²) in [5, 5.41) is 16.5. The second-order valence-corrected chi connectivity index (χ2v) is 5.00. The van der Waals surface area contributed by atoms with Gasteiger partial charge in [-0.3, -0.25) is 0 Å². The standard InChI is InChI=1S/C8H6F3N5O2S/c9-8(10,11)4-2-1-3-5(19(12,17)18)6(4)7-13-15-16-14-7/h1-3H,(H2,12,17,18)(H,13,14,15,16). The number of primary sulfonamides is 1. The van der Waals surface area contributed by atoms with Crippen molar-refractivity contribution in [3.8, 4) is 11.4 Å². The van der Waals surface area contributed by atoms with Crippen molar-refractivity contribution in [2.24, 2.45) is 5.14 Å². The van der Waals surface area contributed by atoms with Crippen LogP contribution in [0.3, 0.4) is 0 Å². The molecule has 0 aliphatic heterocycles. The number of nitrogens with two attached hydrogens (primary N) is 1. The number of nitrogens with zero attached hydrogens (tertiary/aromatic N) is 3. The van der Waals surface area contributed by atoms with E-state index in [1.807, 2.05) is 0 Å². The van der Waals surface area contributed by atoms with Crippen LogP contribution in [0.25, 0.3) is 11.4 Å². The lowest BCUT2D eigenvalue weighted by molar-refractivity contribution is -0.137. The molecule has 0 saturated heterocycles. The Morgan fingerprint density at radius 3 is 2.42 bits per heavy atom. The summed E-state index contributed by atoms with van der Waals surface area (Å²) in [5.41, 5.74) is -1.90. The predicted octanol–water partition coefficient (Wildman–Crippen LogP) is 0.533. The van der Waals surface area contributed by atoms with Gasteiger partial charge in [-0.1, -0.05) is 6.07 Å². The van der Waals surface area contributed by atoms with Crippen LogP contribution in [0, 0.1) is 0 Å². The highest BCUT2D eigenvalue weighted by atomic mass is 32.2. The van der Waals surface area contributed by atoms with Crippen LogP contribution >= 0.6 is 0 Å². The number of sulfonamides is 1. The largest absolute Gasteiger partial charge is 0.417 e. The Bertz CT molecular complexity index is 696. The van der Waals surface area contributed by atoms with E-state index < -0.39 is 38.0 Å². The lowest BCUT2D eigenvalue weighted by Crippen LogP contribution is -2.17. The number of aromatic amines is 1. The molecule has 2 aromatic rings. The highest BCUT2D eigenvalue weighted by Crippen LogP contribution is 2.38. The van der Waals surface area contributed by atoms with E-state index in [4.69, 9.17) is 5.14 Å². The van der Waals surface area contributed by atoms with Crippen molar-refractivity contribution in [2.45, 2.75) is 11.1 Å². The van der Waals surface area contributed by atoms with Gasteiger partial charge >= 0.3 is 6.18 Å². The van der Waals surface area contributed by atoms with Crippen molar-refractivity contribution >= 4 is 10.0 Å². The van der Waals surface area contributed by atoms with Gasteiger partial charge in [0.05, 0.1) is 16.0 Å². The van der Waals surface area contributed by atoms with E-state index >= 15 is 0 Å². The highest BCUT2D eigenvalue weighted by molar-refractivity contribution is 7.89. The van der Waals surface area contributed by atoms with Crippen molar-refractivity contribution in [1.29, 1.82) is 0 Å². The summed E-state index contributed by atoms with van der Waals surface area (Å²) in [5.74, 6) is -0.433. The molecule has 0 saturated carbocycles. The van der Waals surface area contributed by atoms with E-state index in [0.29, 0.717) is 6.07 Å². The van der Waals surface area contributed by atoms with Crippen LogP contribution in [-0.4, -0.2) is 29.0 Å². The molecule has 0 atom stereocenters. The van der Waals surface area contributed by atoms with Crippen molar-refractivity contribution in [1.82, 2.24) is 20.6 Å². The Labute approximate surface area is 104 Å². The van der Waals surface area contributed by atoms with Crippen LogP contribution in [0.5, 0.6) is 0 Å². The maximum Gasteiger partial charge on any atom is 0.417 e. The molecule has 0 radical (unpaired) electrons. The molecule has 0 aliphatic carbocycles. The first-order valence-electron chi connectivity index (χ1n) is 4.68. The minimum absolute atomic E-state index is 0.433. The van der Waals surface area contributed by atoms with E-state index in [1.165, 1.54) is 0 Å². The molecular weight excluding hydrogens is 287 g/mol. The average molecular weight is 293 g/mol. The summed E-state index contributed by atoms with van der Waals surface area (Å²) in [4.78, 5) is -0.708. The zero-order valence-electron chi connectivity index (χ0n) is 9.01. The van der Waals surface area contributed by atoms with Crippen molar-refractivity contribution in [3.05, 3.63) is 23.8 Å². The molecule has 2 rings (SSSR count). The quantitative estimate of drug-likeness (QED) is 0.838. The molecule has 7 nitrogen and oxygen atoms in total. The topological polar surface area (TPSA) is 115 Å². The average Bonchev–Trinajstić information content (AvgIpc) is 2.78. The first kappa shape index (κ1) is 13.4. The number of H-pyrrole nitrogens is 1. The normalized spacial score (nSPS) is 12.6. The third kappa shape index (κ3) is 2.56. The third-order valence-electron chi connectivity index (χ3n) is 2.22. The first-order valence-corrected chi connectivity index (χ1v) is 6.23. The molecule has 1 heterocycles. The monoisotopic (exact) mass is 293 g/mol. The van der Waals surface area contributed by atoms with Gasteiger partial charge in [0.25, 0.3) is 0 Å². The SMILES string of the molecule is NS(=O)(=O)c1cccc(C(F)(F)F)c1-c1nnn[nH]1. The van der Waals surface area contributed by atoms with Gasteiger partial charge in [0.2, 0.25) is 10.0 Å². The molecule has 0 aliphatic rings. The number of halogens is 3. The van der Waals surface area contributed by atoms with Crippen molar-refractivity contribution < 1.29 is 21.6 Å². The molecule has 1 aromatic carbocycles. The van der Waals surface area contributed by atoms with Gasteiger partial charge in [0.1, 0.15) is 0 Å². The molecule has 1 aromatic heterocycles. The van der Waals surface area contributed by atoms with Gasteiger partial charge in [-0.25, -0.2) is 18.7 Å². The van der Waals surface area contributed by atoms with Gasteiger partial charge in [0, 0.05) is 0 Å². The Morgan fingerprint density at radius 1 is 1.26 bits per heavy atom. The smallest absolute Gasteiger partial charge is 0.239 e. The van der Waals surface area contributed by atoms with Crippen LogP contribution in [0.1, 0.15) is 5.56 Å². The summed E-state index contributed by atoms with van der Waals surface area (Å²) in [6.07, 6.45) is -4.77. The number of hydrogen-bond donors (Lipinski definition) is 2. The Balaban J connectivity index is 2.86. The lowest BCUT2D eigenvalue weighted by Gasteiger charge is -2.13. The summed E-state index contributed by atoms with van der Waals surface area (Å²) >= 11 is 0. The third-order valence-corrected chi connectivity index (χ3v) is 3.17. The molecule has 0 fully saturated rings. The second-order valence-electron chi connectivity index (χ2n) is 3.47. The van der Waals surface area contributed by atoms with Crippen LogP contribution < -0.4 is 5.14 Å². The van der Waals surface area contributed by atoms with E-state index in [1.54, 1.807) is 0 Å². The first-order chi connectivity index (χ1) is 8.71. The van der Waals surface area contributed by atoms with Crippen molar-refractivity contribution in [2.75, 3.05) is 0 Å². The zero-order valence-corrected chi connectivity index (χ0v) is 9.83. The van der Waals surface area contributed by atoms with Crippen LogP contribution in [0.4, 0.5) is 13.2 Å². The Kier molecular flexibility index (Phi) is 3.02. The minimum atomic E-state index is -4.77. The van der Waals surface area contributed by atoms with E-state index in [9.17, 15) is 21.6 Å². The number of alkyl halides is 3. The van der Waals surface area contributed by atoms with E-state index in [2.05, 4.69) is 20.6 Å². The molecule has 0 bridgehead atoms. The fourth-order valence-corrected chi connectivity index (χ4v) is 2.27. The van der Waals surface area contributed by atoms with Gasteiger partial charge < -0.3 is 0 Å². The molecule has 0 unspecified atom stereocenters. The number of tetrazole rings is 1. The summed E-state index contributed by atoms with van der Waals surface area (Å²) < 4.78 is 61.4. The molecule has 19 heavy (non-hydrogen) atoms. The number of rotatable bonds is 2. The minimum Gasteiger partial charge on any atom is -0.239 e. The fraction of sp³-hybridized carbons (Fsp3) is 0.125. The van der Waals surface area contributed by atoms with Gasteiger partial charge in [-0.05, 0) is 22.6 Å². The summed E-state index contributed by atoms with van der Waals surface area (Å²) in [6, 6.07) is 2.60. The molecule has 0 amide bonds. The molecule has 0 spiro atoms. The van der Waals surface area contributed by atoms with Crippen LogP contribution in [0.15, 0.2) is 23.1 Å².